The average Bonchev–Trinajstić information content (AvgIpc) is 3.14. The summed E-state index contributed by atoms with van der Waals surface area (Å²) < 4.78 is 7.34. The van der Waals surface area contributed by atoms with Crippen molar-refractivity contribution in [3.63, 3.8) is 0 Å². The van der Waals surface area contributed by atoms with Gasteiger partial charge in [0.05, 0.1) is 29.3 Å². The van der Waals surface area contributed by atoms with Crippen molar-refractivity contribution in [1.82, 2.24) is 14.9 Å². The van der Waals surface area contributed by atoms with Crippen LogP contribution in [0.15, 0.2) is 34.2 Å². The number of carbonyl (C=O) groups excluding carboxylic acids is 1. The Kier molecular flexibility index (Phi) is 6.09. The van der Waals surface area contributed by atoms with Crippen molar-refractivity contribution in [1.29, 1.82) is 0 Å². The molecule has 1 amide bonds. The monoisotopic (exact) mass is 361 g/mol. The van der Waals surface area contributed by atoms with Crippen LogP contribution in [0, 0.1) is 0 Å². The Bertz CT molecular complexity index is 800. The first-order valence-electron chi connectivity index (χ1n) is 8.69. The van der Waals surface area contributed by atoms with Gasteiger partial charge >= 0.3 is 0 Å². The summed E-state index contributed by atoms with van der Waals surface area (Å²) in [6.07, 6.45) is 2.89. The summed E-state index contributed by atoms with van der Waals surface area (Å²) in [4.78, 5) is 29.4. The quantitative estimate of drug-likeness (QED) is 0.604. The van der Waals surface area contributed by atoms with Crippen LogP contribution in [0.5, 0.6) is 0 Å². The second-order valence-electron chi connectivity index (χ2n) is 6.10. The third-order valence-electron chi connectivity index (χ3n) is 4.14. The molecule has 2 aromatic rings. The minimum Gasteiger partial charge on any atom is -0.376 e. The minimum atomic E-state index is -0.0717. The number of para-hydroxylation sites is 1. The van der Waals surface area contributed by atoms with Crippen molar-refractivity contribution in [2.45, 2.75) is 44.0 Å². The van der Waals surface area contributed by atoms with Crippen molar-refractivity contribution < 1.29 is 9.53 Å². The topological polar surface area (TPSA) is 73.2 Å². The maximum Gasteiger partial charge on any atom is 0.262 e. The third kappa shape index (κ3) is 4.41. The molecule has 1 aliphatic rings. The lowest BCUT2D eigenvalue weighted by molar-refractivity contribution is -0.118. The Morgan fingerprint density at radius 2 is 2.28 bits per heavy atom. The summed E-state index contributed by atoms with van der Waals surface area (Å²) in [6, 6.07) is 7.32. The van der Waals surface area contributed by atoms with E-state index in [-0.39, 0.29) is 23.3 Å². The van der Waals surface area contributed by atoms with Gasteiger partial charge in [0.15, 0.2) is 5.16 Å². The predicted octanol–water partition coefficient (Wildman–Crippen LogP) is 2.19. The first kappa shape index (κ1) is 17.9. The zero-order valence-corrected chi connectivity index (χ0v) is 15.2. The molecule has 25 heavy (non-hydrogen) atoms. The molecular weight excluding hydrogens is 338 g/mol. The molecular formula is C18H23N3O3S. The summed E-state index contributed by atoms with van der Waals surface area (Å²) in [5, 5.41) is 4.02. The Hall–Kier alpha value is -1.86. The fourth-order valence-electron chi connectivity index (χ4n) is 2.86. The van der Waals surface area contributed by atoms with Crippen molar-refractivity contribution in [2.75, 3.05) is 18.9 Å². The van der Waals surface area contributed by atoms with Gasteiger partial charge in [-0.2, -0.15) is 0 Å². The summed E-state index contributed by atoms with van der Waals surface area (Å²) in [6.45, 7) is 3.89. The molecule has 1 aromatic carbocycles. The van der Waals surface area contributed by atoms with Crippen molar-refractivity contribution in [2.24, 2.45) is 0 Å². The summed E-state index contributed by atoms with van der Waals surface area (Å²) >= 11 is 1.30. The molecule has 0 unspecified atom stereocenters. The number of thioether (sulfide) groups is 1. The zero-order chi connectivity index (χ0) is 17.6. The molecule has 0 aliphatic carbocycles. The van der Waals surface area contributed by atoms with Gasteiger partial charge in [-0.1, -0.05) is 30.8 Å². The standard InChI is InChI=1S/C18H23N3O3S/c1-2-9-19-16(22)12-25-18-20-15-8-4-3-7-14(15)17(23)21(18)11-13-6-5-10-24-13/h3-4,7-8,13H,2,5-6,9-12H2,1H3,(H,19,22)/t13-/m1/s1. The van der Waals surface area contributed by atoms with E-state index in [4.69, 9.17) is 4.74 Å². The van der Waals surface area contributed by atoms with Crippen LogP contribution in [0.2, 0.25) is 0 Å². The Balaban J connectivity index is 1.88. The maximum atomic E-state index is 12.9. The van der Waals surface area contributed by atoms with Crippen LogP contribution in [0.25, 0.3) is 10.9 Å². The van der Waals surface area contributed by atoms with Gasteiger partial charge < -0.3 is 10.1 Å². The Labute approximate surface area is 151 Å². The highest BCUT2D eigenvalue weighted by Crippen LogP contribution is 2.20. The number of benzene rings is 1. The molecule has 0 saturated carbocycles. The van der Waals surface area contributed by atoms with Crippen LogP contribution in [-0.4, -0.2) is 40.5 Å². The zero-order valence-electron chi connectivity index (χ0n) is 14.4. The van der Waals surface area contributed by atoms with E-state index in [9.17, 15) is 9.59 Å². The fraction of sp³-hybridized carbons (Fsp3) is 0.500. The molecule has 1 saturated heterocycles. The molecule has 3 rings (SSSR count). The fourth-order valence-corrected chi connectivity index (χ4v) is 3.69. The van der Waals surface area contributed by atoms with Crippen molar-refractivity contribution in [3.05, 3.63) is 34.6 Å². The highest BCUT2D eigenvalue weighted by Gasteiger charge is 2.20. The maximum absolute atomic E-state index is 12.9. The highest BCUT2D eigenvalue weighted by atomic mass is 32.2. The van der Waals surface area contributed by atoms with Crippen LogP contribution >= 0.6 is 11.8 Å². The number of hydrogen-bond acceptors (Lipinski definition) is 5. The number of nitrogens with zero attached hydrogens (tertiary/aromatic N) is 2. The van der Waals surface area contributed by atoms with E-state index in [1.54, 1.807) is 10.6 Å². The van der Waals surface area contributed by atoms with E-state index in [0.29, 0.717) is 29.1 Å². The van der Waals surface area contributed by atoms with Gasteiger partial charge in [0.25, 0.3) is 5.56 Å². The lowest BCUT2D eigenvalue weighted by atomic mass is 10.2. The Morgan fingerprint density at radius 3 is 3.04 bits per heavy atom. The molecule has 0 spiro atoms. The SMILES string of the molecule is CCCNC(=O)CSc1nc2ccccc2c(=O)n1C[C@H]1CCCO1. The van der Waals surface area contributed by atoms with E-state index in [2.05, 4.69) is 10.3 Å². The number of aromatic nitrogens is 2. The van der Waals surface area contributed by atoms with Crippen molar-refractivity contribution in [3.8, 4) is 0 Å². The van der Waals surface area contributed by atoms with E-state index in [0.717, 1.165) is 25.9 Å². The molecule has 1 aromatic heterocycles. The summed E-state index contributed by atoms with van der Waals surface area (Å²) in [5.74, 6) is 0.203. The van der Waals surface area contributed by atoms with Crippen molar-refractivity contribution >= 4 is 28.6 Å². The molecule has 0 radical (unpaired) electrons. The van der Waals surface area contributed by atoms with E-state index in [1.165, 1.54) is 11.8 Å². The first-order valence-corrected chi connectivity index (χ1v) is 9.68. The van der Waals surface area contributed by atoms with Gasteiger partial charge in [-0.05, 0) is 31.4 Å². The van der Waals surface area contributed by atoms with Crippen LogP contribution in [0.1, 0.15) is 26.2 Å². The smallest absolute Gasteiger partial charge is 0.262 e. The highest BCUT2D eigenvalue weighted by molar-refractivity contribution is 7.99. The van der Waals surface area contributed by atoms with Gasteiger partial charge in [0.1, 0.15) is 0 Å². The van der Waals surface area contributed by atoms with Crippen LogP contribution < -0.4 is 10.9 Å². The number of amides is 1. The largest absolute Gasteiger partial charge is 0.376 e. The van der Waals surface area contributed by atoms with Gasteiger partial charge in [-0.25, -0.2) is 4.98 Å². The third-order valence-corrected chi connectivity index (χ3v) is 5.12. The predicted molar refractivity (Wildman–Crippen MR) is 99.0 cm³/mol. The Morgan fingerprint density at radius 1 is 1.44 bits per heavy atom. The molecule has 2 heterocycles. The second kappa shape index (κ2) is 8.49. The van der Waals surface area contributed by atoms with E-state index < -0.39 is 0 Å². The van der Waals surface area contributed by atoms with Gasteiger partial charge in [0.2, 0.25) is 5.91 Å². The average molecular weight is 361 g/mol. The summed E-state index contributed by atoms with van der Waals surface area (Å²) in [5.41, 5.74) is 0.588. The summed E-state index contributed by atoms with van der Waals surface area (Å²) in [7, 11) is 0. The van der Waals surface area contributed by atoms with Crippen LogP contribution in [0.4, 0.5) is 0 Å². The lowest BCUT2D eigenvalue weighted by Crippen LogP contribution is -2.30. The normalized spacial score (nSPS) is 17.1. The molecule has 1 fully saturated rings. The number of carbonyl (C=O) groups is 1. The second-order valence-corrected chi connectivity index (χ2v) is 7.04. The molecule has 1 atom stereocenters. The molecule has 1 N–H and O–H groups in total. The van der Waals surface area contributed by atoms with Gasteiger partial charge in [0, 0.05) is 13.2 Å². The van der Waals surface area contributed by atoms with E-state index >= 15 is 0 Å². The molecule has 1 aliphatic heterocycles. The lowest BCUT2D eigenvalue weighted by Gasteiger charge is -2.16. The number of rotatable bonds is 7. The first-order chi connectivity index (χ1) is 12.2. The number of fused-ring (bicyclic) bond motifs is 1. The molecule has 7 heteroatoms. The number of ether oxygens (including phenoxy) is 1. The molecule has 6 nitrogen and oxygen atoms in total. The van der Waals surface area contributed by atoms with Crippen LogP contribution in [0.3, 0.4) is 0 Å². The van der Waals surface area contributed by atoms with Gasteiger partial charge in [-0.15, -0.1) is 0 Å². The van der Waals surface area contributed by atoms with Crippen LogP contribution in [-0.2, 0) is 16.1 Å². The molecule has 134 valence electrons. The number of hydrogen-bond donors (Lipinski definition) is 1. The van der Waals surface area contributed by atoms with Gasteiger partial charge in [-0.3, -0.25) is 14.2 Å². The molecule has 0 bridgehead atoms. The minimum absolute atomic E-state index is 0.0360. The van der Waals surface area contributed by atoms with E-state index in [1.807, 2.05) is 25.1 Å². The number of nitrogens with one attached hydrogen (secondary N) is 1.